The Balaban J connectivity index is 1.71. The average molecular weight is 474 g/mol. The van der Waals surface area contributed by atoms with E-state index >= 15 is 0 Å². The molecule has 0 aliphatic heterocycles. The molecule has 1 heterocycles. The van der Waals surface area contributed by atoms with Crippen molar-refractivity contribution in [1.82, 2.24) is 9.78 Å². The number of ether oxygens (including phenoxy) is 1. The Morgan fingerprint density at radius 2 is 1.57 bits per heavy atom. The highest BCUT2D eigenvalue weighted by atomic mass is 19.1. The molecule has 0 bridgehead atoms. The van der Waals surface area contributed by atoms with Gasteiger partial charge in [-0.25, -0.2) is 13.9 Å². The van der Waals surface area contributed by atoms with Crippen LogP contribution in [-0.4, -0.2) is 21.7 Å². The Morgan fingerprint density at radius 3 is 2.23 bits per heavy atom. The maximum atomic E-state index is 13.4. The van der Waals surface area contributed by atoms with E-state index in [-0.39, 0.29) is 17.2 Å². The molecule has 1 N–H and O–H groups in total. The molecule has 0 radical (unpaired) electrons. The van der Waals surface area contributed by atoms with Crippen LogP contribution in [0.25, 0.3) is 10.8 Å². The first-order valence-corrected chi connectivity index (χ1v) is 11.2. The standard InChI is InChI=1S/C27H24FN3O4/c1-17(2)16-31-26(33)22-11-7-6-10-21(22)23(30-31)27(34)35-24(18-8-4-3-5-9-18)25(32)29-20-14-12-19(28)13-15-20/h3-15,17,24H,16H2,1-2H3,(H,29,32). The molecule has 0 aliphatic rings. The van der Waals surface area contributed by atoms with Gasteiger partial charge in [-0.2, -0.15) is 5.10 Å². The first-order valence-electron chi connectivity index (χ1n) is 11.2. The van der Waals surface area contributed by atoms with Gasteiger partial charge in [-0.05, 0) is 36.2 Å². The Morgan fingerprint density at radius 1 is 0.943 bits per heavy atom. The Labute approximate surface area is 201 Å². The molecule has 178 valence electrons. The number of halogens is 1. The van der Waals surface area contributed by atoms with Gasteiger partial charge in [0, 0.05) is 23.2 Å². The molecule has 3 aromatic carbocycles. The highest BCUT2D eigenvalue weighted by Gasteiger charge is 2.28. The molecule has 4 rings (SSSR count). The van der Waals surface area contributed by atoms with Crippen molar-refractivity contribution < 1.29 is 18.7 Å². The number of rotatable bonds is 7. The number of carbonyl (C=O) groups is 2. The molecule has 4 aromatic rings. The average Bonchev–Trinajstić information content (AvgIpc) is 2.85. The fraction of sp³-hybridized carbons (Fsp3) is 0.185. The van der Waals surface area contributed by atoms with Gasteiger partial charge in [-0.15, -0.1) is 0 Å². The zero-order chi connectivity index (χ0) is 24.9. The van der Waals surface area contributed by atoms with Crippen LogP contribution < -0.4 is 10.9 Å². The second kappa shape index (κ2) is 10.3. The number of fused-ring (bicyclic) bond motifs is 1. The van der Waals surface area contributed by atoms with Crippen molar-refractivity contribution in [3.63, 3.8) is 0 Å². The SMILES string of the molecule is CC(C)Cn1nc(C(=O)OC(C(=O)Nc2ccc(F)cc2)c2ccccc2)c2ccccc2c1=O. The maximum absolute atomic E-state index is 13.4. The monoisotopic (exact) mass is 473 g/mol. The lowest BCUT2D eigenvalue weighted by atomic mass is 10.1. The number of amides is 1. The number of anilines is 1. The Bertz CT molecular complexity index is 1420. The number of aromatic nitrogens is 2. The minimum atomic E-state index is -1.31. The summed E-state index contributed by atoms with van der Waals surface area (Å²) < 4.78 is 20.2. The summed E-state index contributed by atoms with van der Waals surface area (Å²) >= 11 is 0. The molecule has 1 aromatic heterocycles. The van der Waals surface area contributed by atoms with Gasteiger partial charge >= 0.3 is 5.97 Å². The van der Waals surface area contributed by atoms with E-state index in [1.54, 1.807) is 54.6 Å². The van der Waals surface area contributed by atoms with Crippen molar-refractivity contribution in [1.29, 1.82) is 0 Å². The zero-order valence-corrected chi connectivity index (χ0v) is 19.3. The van der Waals surface area contributed by atoms with Crippen molar-refractivity contribution in [3.8, 4) is 0 Å². The van der Waals surface area contributed by atoms with Crippen LogP contribution in [0.1, 0.15) is 36.0 Å². The lowest BCUT2D eigenvalue weighted by Gasteiger charge is -2.19. The number of benzene rings is 3. The second-order valence-corrected chi connectivity index (χ2v) is 8.47. The van der Waals surface area contributed by atoms with Gasteiger partial charge in [-0.1, -0.05) is 62.4 Å². The lowest BCUT2D eigenvalue weighted by molar-refractivity contribution is -0.125. The molecule has 1 amide bonds. The third-order valence-corrected chi connectivity index (χ3v) is 5.28. The molecule has 1 unspecified atom stereocenters. The van der Waals surface area contributed by atoms with Crippen LogP contribution in [0.4, 0.5) is 10.1 Å². The van der Waals surface area contributed by atoms with E-state index in [9.17, 15) is 18.8 Å². The quantitative estimate of drug-likeness (QED) is 0.392. The molecule has 0 saturated carbocycles. The van der Waals surface area contributed by atoms with Gasteiger partial charge in [0.15, 0.2) is 5.69 Å². The third-order valence-electron chi connectivity index (χ3n) is 5.28. The Kier molecular flexibility index (Phi) is 7.01. The number of carbonyl (C=O) groups excluding carboxylic acids is 2. The second-order valence-electron chi connectivity index (χ2n) is 8.47. The molecule has 35 heavy (non-hydrogen) atoms. The van der Waals surface area contributed by atoms with Crippen molar-refractivity contribution in [2.45, 2.75) is 26.5 Å². The fourth-order valence-electron chi connectivity index (χ4n) is 3.66. The largest absolute Gasteiger partial charge is 0.442 e. The van der Waals surface area contributed by atoms with E-state index < -0.39 is 23.8 Å². The molecule has 0 aliphatic carbocycles. The number of esters is 1. The van der Waals surface area contributed by atoms with E-state index in [4.69, 9.17) is 4.74 Å². The maximum Gasteiger partial charge on any atom is 0.360 e. The minimum absolute atomic E-state index is 0.0589. The van der Waals surface area contributed by atoms with Gasteiger partial charge in [0.1, 0.15) is 5.82 Å². The molecule has 0 spiro atoms. The van der Waals surface area contributed by atoms with E-state index in [0.717, 1.165) is 0 Å². The van der Waals surface area contributed by atoms with Crippen LogP contribution in [-0.2, 0) is 16.1 Å². The van der Waals surface area contributed by atoms with Crippen LogP contribution in [0, 0.1) is 11.7 Å². The summed E-state index contributed by atoms with van der Waals surface area (Å²) in [7, 11) is 0. The minimum Gasteiger partial charge on any atom is -0.442 e. The van der Waals surface area contributed by atoms with Crippen molar-refractivity contribution in [2.75, 3.05) is 5.32 Å². The van der Waals surface area contributed by atoms with E-state index in [0.29, 0.717) is 28.6 Å². The molecule has 0 fully saturated rings. The van der Waals surface area contributed by atoms with E-state index in [2.05, 4.69) is 10.4 Å². The van der Waals surface area contributed by atoms with E-state index in [1.807, 2.05) is 13.8 Å². The zero-order valence-electron chi connectivity index (χ0n) is 19.3. The summed E-state index contributed by atoms with van der Waals surface area (Å²) in [6.07, 6.45) is -1.31. The normalized spacial score (nSPS) is 11.9. The summed E-state index contributed by atoms with van der Waals surface area (Å²) in [6.45, 7) is 4.19. The van der Waals surface area contributed by atoms with Gasteiger partial charge < -0.3 is 10.1 Å². The number of hydrogen-bond donors (Lipinski definition) is 1. The molecule has 8 heteroatoms. The van der Waals surface area contributed by atoms with Crippen LogP contribution in [0.2, 0.25) is 0 Å². The molecule has 7 nitrogen and oxygen atoms in total. The van der Waals surface area contributed by atoms with Gasteiger partial charge in [-0.3, -0.25) is 9.59 Å². The number of nitrogens with one attached hydrogen (secondary N) is 1. The number of hydrogen-bond acceptors (Lipinski definition) is 5. The summed E-state index contributed by atoms with van der Waals surface area (Å²) in [6, 6.07) is 20.4. The van der Waals surface area contributed by atoms with Crippen molar-refractivity contribution >= 4 is 28.3 Å². The van der Waals surface area contributed by atoms with Gasteiger partial charge in [0.05, 0.1) is 5.39 Å². The fourth-order valence-corrected chi connectivity index (χ4v) is 3.66. The van der Waals surface area contributed by atoms with Gasteiger partial charge in [0.2, 0.25) is 6.10 Å². The van der Waals surface area contributed by atoms with E-state index in [1.165, 1.54) is 28.9 Å². The molecule has 0 saturated heterocycles. The summed E-state index contributed by atoms with van der Waals surface area (Å²) in [4.78, 5) is 39.4. The number of nitrogens with zero attached hydrogens (tertiary/aromatic N) is 2. The van der Waals surface area contributed by atoms with Crippen LogP contribution in [0.3, 0.4) is 0 Å². The topological polar surface area (TPSA) is 90.3 Å². The van der Waals surface area contributed by atoms with Crippen LogP contribution >= 0.6 is 0 Å². The first-order chi connectivity index (χ1) is 16.8. The predicted octanol–water partition coefficient (Wildman–Crippen LogP) is 4.73. The smallest absolute Gasteiger partial charge is 0.360 e. The summed E-state index contributed by atoms with van der Waals surface area (Å²) in [5.74, 6) is -1.79. The molecular weight excluding hydrogens is 449 g/mol. The third kappa shape index (κ3) is 5.43. The van der Waals surface area contributed by atoms with Crippen molar-refractivity contribution in [2.24, 2.45) is 5.92 Å². The molecule has 1 atom stereocenters. The highest BCUT2D eigenvalue weighted by Crippen LogP contribution is 2.23. The summed E-state index contributed by atoms with van der Waals surface area (Å²) in [5, 5.41) is 7.62. The predicted molar refractivity (Wildman–Crippen MR) is 130 cm³/mol. The highest BCUT2D eigenvalue weighted by molar-refractivity contribution is 6.04. The van der Waals surface area contributed by atoms with Crippen LogP contribution in [0.5, 0.6) is 0 Å². The molecular formula is C27H24FN3O4. The summed E-state index contributed by atoms with van der Waals surface area (Å²) in [5.41, 5.74) is 0.429. The first kappa shape index (κ1) is 23.8. The van der Waals surface area contributed by atoms with Crippen molar-refractivity contribution in [3.05, 3.63) is 106 Å². The van der Waals surface area contributed by atoms with Gasteiger partial charge in [0.25, 0.3) is 11.5 Å². The lowest BCUT2D eigenvalue weighted by Crippen LogP contribution is -2.30. The Hall–Kier alpha value is -4.33. The van der Waals surface area contributed by atoms with Crippen LogP contribution in [0.15, 0.2) is 83.7 Å².